The van der Waals surface area contributed by atoms with Crippen molar-refractivity contribution in [1.82, 2.24) is 9.88 Å². The third-order valence-corrected chi connectivity index (χ3v) is 4.06. The number of ketones is 1. The normalized spacial score (nSPS) is 19.7. The summed E-state index contributed by atoms with van der Waals surface area (Å²) in [6.07, 6.45) is 4.75. The first kappa shape index (κ1) is 13.0. The number of carbonyl (C=O) groups is 1. The molecule has 1 aromatic rings. The molecular weight excluding hydrogens is 226 g/mol. The Kier molecular flexibility index (Phi) is 3.66. The van der Waals surface area contributed by atoms with Gasteiger partial charge in [0.05, 0.1) is 11.1 Å². The summed E-state index contributed by atoms with van der Waals surface area (Å²) in [4.78, 5) is 19.0. The first-order valence-corrected chi connectivity index (χ1v) is 6.60. The second-order valence-corrected chi connectivity index (χ2v) is 5.09. The van der Waals surface area contributed by atoms with E-state index in [-0.39, 0.29) is 5.78 Å². The highest BCUT2D eigenvalue weighted by Crippen LogP contribution is 2.29. The van der Waals surface area contributed by atoms with E-state index in [0.717, 1.165) is 19.5 Å². The van der Waals surface area contributed by atoms with Crippen LogP contribution < -0.4 is 5.73 Å². The maximum Gasteiger partial charge on any atom is 0.186 e. The number of nitrogens with two attached hydrogens (primary N) is 1. The number of nitrogens with zero attached hydrogens (tertiary/aromatic N) is 2. The predicted molar refractivity (Wildman–Crippen MR) is 72.5 cm³/mol. The summed E-state index contributed by atoms with van der Waals surface area (Å²) in [5.74, 6) is 0.430. The molecule has 0 aromatic carbocycles. The van der Waals surface area contributed by atoms with Gasteiger partial charge in [0, 0.05) is 6.20 Å². The van der Waals surface area contributed by atoms with E-state index in [1.807, 2.05) is 6.92 Å². The van der Waals surface area contributed by atoms with Gasteiger partial charge >= 0.3 is 0 Å². The summed E-state index contributed by atoms with van der Waals surface area (Å²) in [5, 5.41) is 0. The molecule has 2 rings (SSSR count). The topological polar surface area (TPSA) is 59.2 Å². The highest BCUT2D eigenvalue weighted by Gasteiger charge is 2.40. The van der Waals surface area contributed by atoms with E-state index in [4.69, 9.17) is 5.73 Å². The van der Waals surface area contributed by atoms with Crippen LogP contribution in [-0.2, 0) is 0 Å². The number of hydrogen-bond acceptors (Lipinski definition) is 4. The average molecular weight is 247 g/mol. The van der Waals surface area contributed by atoms with Crippen LogP contribution in [0.4, 0.5) is 5.82 Å². The molecule has 0 amide bonds. The zero-order chi connectivity index (χ0) is 13.2. The molecule has 1 atom stereocenters. The van der Waals surface area contributed by atoms with Gasteiger partial charge < -0.3 is 5.73 Å². The van der Waals surface area contributed by atoms with Crippen molar-refractivity contribution in [2.75, 3.05) is 18.8 Å². The molecule has 1 aromatic heterocycles. The lowest BCUT2D eigenvalue weighted by atomic mass is 9.87. The summed E-state index contributed by atoms with van der Waals surface area (Å²) in [7, 11) is 0. The first-order valence-electron chi connectivity index (χ1n) is 6.60. The molecular formula is C14H21N3O. The minimum absolute atomic E-state index is 0.0949. The van der Waals surface area contributed by atoms with E-state index in [1.54, 1.807) is 18.3 Å². The molecule has 1 unspecified atom stereocenters. The molecule has 2 N–H and O–H groups in total. The number of anilines is 1. The Morgan fingerprint density at radius 2 is 2.17 bits per heavy atom. The Morgan fingerprint density at radius 3 is 2.72 bits per heavy atom. The number of nitrogen functional groups attached to an aromatic ring is 1. The van der Waals surface area contributed by atoms with Crippen molar-refractivity contribution in [2.24, 2.45) is 0 Å². The lowest BCUT2D eigenvalue weighted by Crippen LogP contribution is -2.50. The Bertz CT molecular complexity index is 440. The van der Waals surface area contributed by atoms with Crippen molar-refractivity contribution in [3.63, 3.8) is 0 Å². The largest absolute Gasteiger partial charge is 0.383 e. The number of rotatable bonds is 4. The smallest absolute Gasteiger partial charge is 0.186 e. The number of carbonyl (C=O) groups excluding carboxylic acids is 1. The lowest BCUT2D eigenvalue weighted by molar-refractivity contribution is 0.0648. The number of likely N-dealkylation sites (tertiary alicyclic amines) is 1. The molecule has 0 spiro atoms. The fraction of sp³-hybridized carbons (Fsp3) is 0.571. The predicted octanol–water partition coefficient (Wildman–Crippen LogP) is 2.11. The van der Waals surface area contributed by atoms with Crippen LogP contribution >= 0.6 is 0 Å². The van der Waals surface area contributed by atoms with E-state index in [1.165, 1.54) is 12.8 Å². The van der Waals surface area contributed by atoms with Gasteiger partial charge in [0.25, 0.3) is 0 Å². The van der Waals surface area contributed by atoms with Gasteiger partial charge in [-0.3, -0.25) is 9.69 Å². The third kappa shape index (κ3) is 2.12. The van der Waals surface area contributed by atoms with Gasteiger partial charge in [-0.05, 0) is 51.4 Å². The van der Waals surface area contributed by atoms with Gasteiger partial charge in [-0.2, -0.15) is 0 Å². The quantitative estimate of drug-likeness (QED) is 0.828. The van der Waals surface area contributed by atoms with Crippen LogP contribution in [-0.4, -0.2) is 34.3 Å². The molecule has 0 saturated carbocycles. The Labute approximate surface area is 108 Å². The van der Waals surface area contributed by atoms with Gasteiger partial charge in [0.1, 0.15) is 5.82 Å². The van der Waals surface area contributed by atoms with Gasteiger partial charge in [0.15, 0.2) is 5.78 Å². The second-order valence-electron chi connectivity index (χ2n) is 5.09. The lowest BCUT2D eigenvalue weighted by Gasteiger charge is -2.36. The van der Waals surface area contributed by atoms with Crippen LogP contribution in [0.15, 0.2) is 18.3 Å². The number of aromatic nitrogens is 1. The van der Waals surface area contributed by atoms with E-state index in [9.17, 15) is 4.79 Å². The van der Waals surface area contributed by atoms with Gasteiger partial charge in [-0.25, -0.2) is 4.98 Å². The first-order chi connectivity index (χ1) is 8.59. The van der Waals surface area contributed by atoms with Crippen molar-refractivity contribution in [2.45, 2.75) is 38.6 Å². The Hall–Kier alpha value is -1.42. The van der Waals surface area contributed by atoms with Crippen LogP contribution in [0.2, 0.25) is 0 Å². The Morgan fingerprint density at radius 1 is 1.50 bits per heavy atom. The minimum Gasteiger partial charge on any atom is -0.383 e. The van der Waals surface area contributed by atoms with Crippen molar-refractivity contribution < 1.29 is 4.79 Å². The molecule has 0 radical (unpaired) electrons. The molecule has 0 bridgehead atoms. The fourth-order valence-electron chi connectivity index (χ4n) is 2.64. The number of pyridine rings is 1. The van der Waals surface area contributed by atoms with Crippen molar-refractivity contribution in [3.8, 4) is 0 Å². The molecule has 1 aliphatic rings. The van der Waals surface area contributed by atoms with Crippen molar-refractivity contribution in [3.05, 3.63) is 23.9 Å². The molecule has 98 valence electrons. The highest BCUT2D eigenvalue weighted by atomic mass is 16.1. The van der Waals surface area contributed by atoms with E-state index < -0.39 is 5.54 Å². The van der Waals surface area contributed by atoms with Gasteiger partial charge in [0.2, 0.25) is 0 Å². The summed E-state index contributed by atoms with van der Waals surface area (Å²) in [6, 6.07) is 3.54. The zero-order valence-corrected chi connectivity index (χ0v) is 11.1. The summed E-state index contributed by atoms with van der Waals surface area (Å²) < 4.78 is 0. The summed E-state index contributed by atoms with van der Waals surface area (Å²) >= 11 is 0. The third-order valence-electron chi connectivity index (χ3n) is 4.06. The number of hydrogen-bond donors (Lipinski definition) is 1. The van der Waals surface area contributed by atoms with E-state index in [2.05, 4.69) is 16.8 Å². The highest BCUT2D eigenvalue weighted by molar-refractivity contribution is 6.06. The van der Waals surface area contributed by atoms with Gasteiger partial charge in [-0.15, -0.1) is 0 Å². The SMILES string of the molecule is CCC(C)(C(=O)c1cccnc1N)N1CCCC1. The van der Waals surface area contributed by atoms with Crippen LogP contribution in [0, 0.1) is 0 Å². The monoisotopic (exact) mass is 247 g/mol. The van der Waals surface area contributed by atoms with E-state index in [0.29, 0.717) is 11.4 Å². The molecule has 1 fully saturated rings. The zero-order valence-electron chi connectivity index (χ0n) is 11.1. The molecule has 1 aliphatic heterocycles. The van der Waals surface area contributed by atoms with Gasteiger partial charge in [-0.1, -0.05) is 6.92 Å². The maximum absolute atomic E-state index is 12.7. The van der Waals surface area contributed by atoms with Crippen LogP contribution in [0.1, 0.15) is 43.5 Å². The minimum atomic E-state index is -0.451. The molecule has 2 heterocycles. The molecule has 0 aliphatic carbocycles. The molecule has 4 heteroatoms. The summed E-state index contributed by atoms with van der Waals surface area (Å²) in [5.41, 5.74) is 5.92. The van der Waals surface area contributed by atoms with Crippen molar-refractivity contribution in [1.29, 1.82) is 0 Å². The molecule has 1 saturated heterocycles. The molecule has 18 heavy (non-hydrogen) atoms. The maximum atomic E-state index is 12.7. The van der Waals surface area contributed by atoms with Crippen LogP contribution in [0.5, 0.6) is 0 Å². The number of Topliss-reactive ketones (excluding diaryl/α,β-unsaturated/α-hetero) is 1. The fourth-order valence-corrected chi connectivity index (χ4v) is 2.64. The van der Waals surface area contributed by atoms with Crippen LogP contribution in [0.3, 0.4) is 0 Å². The average Bonchev–Trinajstić information content (AvgIpc) is 2.92. The van der Waals surface area contributed by atoms with Crippen LogP contribution in [0.25, 0.3) is 0 Å². The van der Waals surface area contributed by atoms with E-state index >= 15 is 0 Å². The summed E-state index contributed by atoms with van der Waals surface area (Å²) in [6.45, 7) is 6.07. The molecule has 4 nitrogen and oxygen atoms in total. The standard InChI is InChI=1S/C14H21N3O/c1-3-14(2,17-9-4-5-10-17)12(18)11-7-6-8-16-13(11)15/h6-8H,3-5,9-10H2,1-2H3,(H2,15,16). The second kappa shape index (κ2) is 5.06. The van der Waals surface area contributed by atoms with Crippen molar-refractivity contribution >= 4 is 11.6 Å². The Balaban J connectivity index is 2.32.